The highest BCUT2D eigenvalue weighted by Gasteiger charge is 2.11. The van der Waals surface area contributed by atoms with Crippen molar-refractivity contribution in [3.63, 3.8) is 0 Å². The second-order valence-electron chi connectivity index (χ2n) is 3.44. The zero-order valence-corrected chi connectivity index (χ0v) is 9.81. The van der Waals surface area contributed by atoms with E-state index in [9.17, 15) is 0 Å². The summed E-state index contributed by atoms with van der Waals surface area (Å²) in [4.78, 5) is 0. The maximum atomic E-state index is 5.97. The Morgan fingerprint density at radius 3 is 2.56 bits per heavy atom. The molecule has 0 aliphatic rings. The number of hydrogen-bond donors (Lipinski definition) is 1. The predicted molar refractivity (Wildman–Crippen MR) is 62.6 cm³/mol. The molecule has 0 heterocycles. The van der Waals surface area contributed by atoms with Gasteiger partial charge in [-0.15, -0.1) is 0 Å². The van der Waals surface area contributed by atoms with Gasteiger partial charge < -0.3 is 19.9 Å². The summed E-state index contributed by atoms with van der Waals surface area (Å²) in [5.74, 6) is 0.795. The van der Waals surface area contributed by atoms with Gasteiger partial charge in [0.05, 0.1) is 19.3 Å². The third-order valence-electron chi connectivity index (χ3n) is 2.21. The maximum absolute atomic E-state index is 5.97. The number of benzene rings is 1. The van der Waals surface area contributed by atoms with Crippen molar-refractivity contribution in [3.8, 4) is 5.75 Å². The molecule has 1 unspecified atom stereocenters. The number of nitrogens with two attached hydrogens (primary N) is 1. The van der Waals surface area contributed by atoms with Gasteiger partial charge in [-0.05, 0) is 6.07 Å². The number of para-hydroxylation sites is 1. The zero-order valence-electron chi connectivity index (χ0n) is 9.81. The molecule has 1 atom stereocenters. The Labute approximate surface area is 96.3 Å². The molecule has 0 radical (unpaired) electrons. The van der Waals surface area contributed by atoms with E-state index in [0.717, 1.165) is 11.3 Å². The summed E-state index contributed by atoms with van der Waals surface area (Å²) in [6, 6.07) is 7.55. The lowest BCUT2D eigenvalue weighted by Crippen LogP contribution is -2.17. The monoisotopic (exact) mass is 225 g/mol. The van der Waals surface area contributed by atoms with Crippen LogP contribution >= 0.6 is 0 Å². The molecule has 1 rings (SSSR count). The molecule has 4 nitrogen and oxygen atoms in total. The second-order valence-corrected chi connectivity index (χ2v) is 3.44. The Kier molecular flexibility index (Phi) is 5.85. The minimum atomic E-state index is -0.163. The van der Waals surface area contributed by atoms with E-state index in [4.69, 9.17) is 19.9 Å². The molecular formula is C12H19NO3. The van der Waals surface area contributed by atoms with Crippen molar-refractivity contribution in [2.24, 2.45) is 5.73 Å². The van der Waals surface area contributed by atoms with E-state index in [-0.39, 0.29) is 6.04 Å². The largest absolute Gasteiger partial charge is 0.491 e. The van der Waals surface area contributed by atoms with Crippen LogP contribution in [0.2, 0.25) is 0 Å². The van der Waals surface area contributed by atoms with Crippen LogP contribution in [0.15, 0.2) is 24.3 Å². The van der Waals surface area contributed by atoms with Crippen LogP contribution in [0.5, 0.6) is 5.75 Å². The van der Waals surface area contributed by atoms with E-state index >= 15 is 0 Å². The molecule has 1 aromatic carbocycles. The first-order valence-electron chi connectivity index (χ1n) is 5.24. The lowest BCUT2D eigenvalue weighted by molar-refractivity contribution is 0.143. The van der Waals surface area contributed by atoms with Crippen molar-refractivity contribution in [1.29, 1.82) is 0 Å². The molecule has 16 heavy (non-hydrogen) atoms. The summed E-state index contributed by atoms with van der Waals surface area (Å²) in [5.41, 5.74) is 6.93. The summed E-state index contributed by atoms with van der Waals surface area (Å²) < 4.78 is 15.5. The van der Waals surface area contributed by atoms with E-state index in [1.165, 1.54) is 0 Å². The fourth-order valence-corrected chi connectivity index (χ4v) is 1.42. The first kappa shape index (κ1) is 13.0. The zero-order chi connectivity index (χ0) is 11.8. The summed E-state index contributed by atoms with van der Waals surface area (Å²) in [6.45, 7) is 1.56. The van der Waals surface area contributed by atoms with Gasteiger partial charge in [0.1, 0.15) is 12.4 Å². The molecule has 1 aromatic rings. The van der Waals surface area contributed by atoms with Crippen LogP contribution in [0.1, 0.15) is 11.6 Å². The van der Waals surface area contributed by atoms with Gasteiger partial charge in [-0.1, -0.05) is 18.2 Å². The van der Waals surface area contributed by atoms with Gasteiger partial charge in [-0.25, -0.2) is 0 Å². The molecule has 2 N–H and O–H groups in total. The Morgan fingerprint density at radius 2 is 1.88 bits per heavy atom. The van der Waals surface area contributed by atoms with Gasteiger partial charge in [0.25, 0.3) is 0 Å². The summed E-state index contributed by atoms with van der Waals surface area (Å²) in [5, 5.41) is 0. The molecule has 0 spiro atoms. The summed E-state index contributed by atoms with van der Waals surface area (Å²) in [7, 11) is 3.28. The number of methoxy groups -OCH3 is 2. The fraction of sp³-hybridized carbons (Fsp3) is 0.500. The highest BCUT2D eigenvalue weighted by molar-refractivity contribution is 5.35. The predicted octanol–water partition coefficient (Wildman–Crippen LogP) is 1.36. The van der Waals surface area contributed by atoms with Gasteiger partial charge >= 0.3 is 0 Å². The molecule has 0 bridgehead atoms. The van der Waals surface area contributed by atoms with Crippen molar-refractivity contribution in [2.75, 3.05) is 34.0 Å². The van der Waals surface area contributed by atoms with Gasteiger partial charge in [0.15, 0.2) is 0 Å². The fourth-order valence-electron chi connectivity index (χ4n) is 1.42. The van der Waals surface area contributed by atoms with Crippen LogP contribution in [0.3, 0.4) is 0 Å². The highest BCUT2D eigenvalue weighted by atomic mass is 16.5. The minimum Gasteiger partial charge on any atom is -0.491 e. The average molecular weight is 225 g/mol. The van der Waals surface area contributed by atoms with Crippen molar-refractivity contribution in [1.82, 2.24) is 0 Å². The van der Waals surface area contributed by atoms with E-state index in [1.54, 1.807) is 14.2 Å². The molecule has 4 heteroatoms. The molecule has 0 aliphatic heterocycles. The maximum Gasteiger partial charge on any atom is 0.124 e. The van der Waals surface area contributed by atoms with Crippen LogP contribution < -0.4 is 10.5 Å². The molecule has 0 amide bonds. The summed E-state index contributed by atoms with van der Waals surface area (Å²) in [6.07, 6.45) is 0. The van der Waals surface area contributed by atoms with Crippen LogP contribution in [0.4, 0.5) is 0 Å². The van der Waals surface area contributed by atoms with E-state index in [2.05, 4.69) is 0 Å². The molecule has 0 saturated carbocycles. The second kappa shape index (κ2) is 7.22. The molecule has 0 fully saturated rings. The van der Waals surface area contributed by atoms with Crippen molar-refractivity contribution < 1.29 is 14.2 Å². The number of ether oxygens (including phenoxy) is 3. The molecule has 0 aromatic heterocycles. The smallest absolute Gasteiger partial charge is 0.124 e. The van der Waals surface area contributed by atoms with E-state index < -0.39 is 0 Å². The first-order chi connectivity index (χ1) is 7.79. The Balaban J connectivity index is 2.67. The first-order valence-corrected chi connectivity index (χ1v) is 5.24. The third-order valence-corrected chi connectivity index (χ3v) is 2.21. The SMILES string of the molecule is COCCOc1ccccc1C(N)COC. The minimum absolute atomic E-state index is 0.163. The topological polar surface area (TPSA) is 53.7 Å². The average Bonchev–Trinajstić information content (AvgIpc) is 2.30. The van der Waals surface area contributed by atoms with E-state index in [1.807, 2.05) is 24.3 Å². The van der Waals surface area contributed by atoms with Gasteiger partial charge in [-0.3, -0.25) is 0 Å². The Bertz CT molecular complexity index is 304. The number of hydrogen-bond acceptors (Lipinski definition) is 4. The molecular weight excluding hydrogens is 206 g/mol. The summed E-state index contributed by atoms with van der Waals surface area (Å²) >= 11 is 0. The van der Waals surface area contributed by atoms with Crippen LogP contribution in [-0.4, -0.2) is 34.0 Å². The van der Waals surface area contributed by atoms with Crippen LogP contribution in [-0.2, 0) is 9.47 Å². The number of rotatable bonds is 7. The van der Waals surface area contributed by atoms with Crippen molar-refractivity contribution in [2.45, 2.75) is 6.04 Å². The lowest BCUT2D eigenvalue weighted by atomic mass is 10.1. The van der Waals surface area contributed by atoms with E-state index in [0.29, 0.717) is 19.8 Å². The normalized spacial score (nSPS) is 12.4. The molecule has 90 valence electrons. The molecule has 0 saturated heterocycles. The Morgan fingerprint density at radius 1 is 1.12 bits per heavy atom. The standard InChI is InChI=1S/C12H19NO3/c1-14-7-8-16-12-6-4-3-5-10(12)11(13)9-15-2/h3-6,11H,7-9,13H2,1-2H3. The van der Waals surface area contributed by atoms with Crippen molar-refractivity contribution >= 4 is 0 Å². The van der Waals surface area contributed by atoms with Crippen LogP contribution in [0.25, 0.3) is 0 Å². The molecule has 0 aliphatic carbocycles. The third kappa shape index (κ3) is 3.81. The highest BCUT2D eigenvalue weighted by Crippen LogP contribution is 2.23. The van der Waals surface area contributed by atoms with Gasteiger partial charge in [0, 0.05) is 19.8 Å². The quantitative estimate of drug-likeness (QED) is 0.712. The van der Waals surface area contributed by atoms with Crippen molar-refractivity contribution in [3.05, 3.63) is 29.8 Å². The van der Waals surface area contributed by atoms with Gasteiger partial charge in [-0.2, -0.15) is 0 Å². The lowest BCUT2D eigenvalue weighted by Gasteiger charge is -2.16. The van der Waals surface area contributed by atoms with Crippen LogP contribution in [0, 0.1) is 0 Å². The van der Waals surface area contributed by atoms with Gasteiger partial charge in [0.2, 0.25) is 0 Å². The Hall–Kier alpha value is -1.10.